The van der Waals surface area contributed by atoms with Crippen LogP contribution in [0.15, 0.2) is 60.7 Å². The summed E-state index contributed by atoms with van der Waals surface area (Å²) in [4.78, 5) is 41.4. The van der Waals surface area contributed by atoms with Crippen LogP contribution in [0, 0.1) is 0 Å². The molecule has 0 radical (unpaired) electrons. The molecule has 1 saturated heterocycles. The fraction of sp³-hybridized carbons (Fsp3) is 0.231. The molecule has 1 aliphatic heterocycles. The summed E-state index contributed by atoms with van der Waals surface area (Å²) in [7, 11) is -3.92. The predicted octanol–water partition coefficient (Wildman–Crippen LogP) is -0.778. The van der Waals surface area contributed by atoms with E-state index in [-0.39, 0.29) is 18.5 Å². The number of guanidine groups is 1. The first-order valence-corrected chi connectivity index (χ1v) is 13.6. The molecule has 1 aliphatic rings. The molecule has 0 aromatic heterocycles. The van der Waals surface area contributed by atoms with Crippen molar-refractivity contribution in [3.05, 3.63) is 71.8 Å². The molecule has 0 unspecified atom stereocenters. The van der Waals surface area contributed by atoms with Crippen molar-refractivity contribution in [1.82, 2.24) is 4.90 Å². The van der Waals surface area contributed by atoms with Crippen molar-refractivity contribution in [2.24, 2.45) is 11.5 Å². The van der Waals surface area contributed by atoms with Gasteiger partial charge in [0.2, 0.25) is 0 Å². The first kappa shape index (κ1) is 30.0. The van der Waals surface area contributed by atoms with Crippen molar-refractivity contribution >= 4 is 50.4 Å². The molecule has 0 bridgehead atoms. The topological polar surface area (TPSA) is 205 Å². The molecule has 0 spiro atoms. The third-order valence-corrected chi connectivity index (χ3v) is 5.36. The number of nitrogens with one attached hydrogen (secondary N) is 1. The lowest BCUT2D eigenvalue weighted by Crippen LogP contribution is -2.72. The van der Waals surface area contributed by atoms with E-state index in [0.29, 0.717) is 55.1 Å². The highest BCUT2D eigenvalue weighted by Gasteiger charge is 2.19. The lowest BCUT2D eigenvalue weighted by Gasteiger charge is -2.26. The van der Waals surface area contributed by atoms with Crippen molar-refractivity contribution < 1.29 is 46.6 Å². The van der Waals surface area contributed by atoms with Crippen molar-refractivity contribution in [2.75, 3.05) is 39.2 Å². The van der Waals surface area contributed by atoms with Crippen molar-refractivity contribution in [2.45, 2.75) is 0 Å². The summed E-state index contributed by atoms with van der Waals surface area (Å²) in [6, 6.07) is 16.6. The highest BCUT2D eigenvalue weighted by atomic mass is 32.2. The first-order chi connectivity index (χ1) is 18.9. The molecule has 3 aromatic rings. The summed E-state index contributed by atoms with van der Waals surface area (Å²) in [6.07, 6.45) is 0.604. The lowest BCUT2D eigenvalue weighted by molar-refractivity contribution is -0.356. The number of fused-ring (bicyclic) bond motifs is 1. The Bertz CT molecular complexity index is 1500. The zero-order valence-electron chi connectivity index (χ0n) is 21.5. The zero-order valence-corrected chi connectivity index (χ0v) is 22.3. The summed E-state index contributed by atoms with van der Waals surface area (Å²) in [6.45, 7) is 1.62. The Kier molecular flexibility index (Phi) is 10.1. The van der Waals surface area contributed by atoms with Crippen LogP contribution in [0.1, 0.15) is 20.7 Å². The van der Waals surface area contributed by atoms with Crippen molar-refractivity contribution in [3.63, 3.8) is 0 Å². The highest BCUT2D eigenvalue weighted by Crippen LogP contribution is 2.23. The van der Waals surface area contributed by atoms with Gasteiger partial charge in [-0.1, -0.05) is 12.1 Å². The SMILES string of the molecule is CS(=O)(=O)[O-].NC(N)=[NH+]c1ccc(C(=O)Oc2ccc3cc(C(=O)OCC(=O)N4CCOCC4)ccc3c2)cc1. The molecule has 4 rings (SSSR count). The maximum atomic E-state index is 12.5. The average molecular weight is 573 g/mol. The largest absolute Gasteiger partial charge is 0.748 e. The van der Waals surface area contributed by atoms with Crippen LogP contribution < -0.4 is 21.2 Å². The molecule has 0 aliphatic carbocycles. The van der Waals surface area contributed by atoms with Gasteiger partial charge in [-0.05, 0) is 59.3 Å². The van der Waals surface area contributed by atoms with Gasteiger partial charge in [-0.2, -0.15) is 0 Å². The van der Waals surface area contributed by atoms with Gasteiger partial charge in [0, 0.05) is 19.3 Å². The van der Waals surface area contributed by atoms with Gasteiger partial charge < -0.3 is 23.7 Å². The molecule has 40 heavy (non-hydrogen) atoms. The fourth-order valence-corrected chi connectivity index (χ4v) is 3.55. The van der Waals surface area contributed by atoms with Crippen LogP contribution in [0.5, 0.6) is 5.75 Å². The minimum absolute atomic E-state index is 0.0504. The van der Waals surface area contributed by atoms with E-state index >= 15 is 0 Å². The smallest absolute Gasteiger partial charge is 0.343 e. The zero-order chi connectivity index (χ0) is 29.3. The average Bonchev–Trinajstić information content (AvgIpc) is 2.91. The van der Waals surface area contributed by atoms with Crippen molar-refractivity contribution in [3.8, 4) is 5.75 Å². The Morgan fingerprint density at radius 2 is 1.50 bits per heavy atom. The van der Waals surface area contributed by atoms with E-state index in [1.165, 1.54) is 0 Å². The molecule has 5 N–H and O–H groups in total. The molecular formula is C26H28N4O9S. The number of carbonyl (C=O) groups excluding carboxylic acids is 3. The highest BCUT2D eigenvalue weighted by molar-refractivity contribution is 7.84. The number of nitrogens with zero attached hydrogens (tertiary/aromatic N) is 1. The standard InChI is InChI=1S/C25H24N4O6.CH4O3S/c26-25(27)28-20-6-3-16(4-7-20)24(32)35-21-8-5-17-13-19(2-1-18(17)14-21)23(31)34-15-22(30)29-9-11-33-12-10-29;1-5(2,3)4/h1-8,13-14H,9-12,15H2,(H4,26,27,28);1H3,(H,2,3,4). The number of benzene rings is 3. The van der Waals surface area contributed by atoms with Crippen LogP contribution in [0.2, 0.25) is 0 Å². The molecule has 1 amide bonds. The molecule has 0 atom stereocenters. The van der Waals surface area contributed by atoms with Gasteiger partial charge in [0.25, 0.3) is 5.91 Å². The van der Waals surface area contributed by atoms with E-state index in [1.54, 1.807) is 65.6 Å². The van der Waals surface area contributed by atoms with E-state index < -0.39 is 22.1 Å². The monoisotopic (exact) mass is 572 g/mol. The number of hydrogen-bond acceptors (Lipinski definition) is 9. The van der Waals surface area contributed by atoms with Gasteiger partial charge in [-0.3, -0.25) is 16.3 Å². The van der Waals surface area contributed by atoms with Crippen LogP contribution in [-0.4, -0.2) is 80.8 Å². The molecule has 13 nitrogen and oxygen atoms in total. The van der Waals surface area contributed by atoms with Crippen LogP contribution in [0.25, 0.3) is 10.8 Å². The van der Waals surface area contributed by atoms with Gasteiger partial charge >= 0.3 is 17.9 Å². The van der Waals surface area contributed by atoms with Gasteiger partial charge in [-0.15, -0.1) is 0 Å². The summed E-state index contributed by atoms with van der Waals surface area (Å²) in [5.74, 6) is -0.951. The number of esters is 2. The van der Waals surface area contributed by atoms with Crippen LogP contribution in [0.3, 0.4) is 0 Å². The third kappa shape index (κ3) is 9.65. The first-order valence-electron chi connectivity index (χ1n) is 11.8. The second-order valence-electron chi connectivity index (χ2n) is 8.54. The molecule has 212 valence electrons. The van der Waals surface area contributed by atoms with E-state index in [1.807, 2.05) is 0 Å². The van der Waals surface area contributed by atoms with Gasteiger partial charge in [0.1, 0.15) is 5.75 Å². The molecular weight excluding hydrogens is 544 g/mol. The van der Waals surface area contributed by atoms with Gasteiger partial charge in [0.15, 0.2) is 6.61 Å². The Hall–Kier alpha value is -4.53. The predicted molar refractivity (Wildman–Crippen MR) is 143 cm³/mol. The lowest BCUT2D eigenvalue weighted by atomic mass is 10.1. The maximum absolute atomic E-state index is 12.5. The van der Waals surface area contributed by atoms with E-state index in [2.05, 4.69) is 4.99 Å². The van der Waals surface area contributed by atoms with E-state index in [4.69, 9.17) is 38.6 Å². The Morgan fingerprint density at radius 3 is 2.12 bits per heavy atom. The normalized spacial score (nSPS) is 13.0. The van der Waals surface area contributed by atoms with Crippen molar-refractivity contribution in [1.29, 1.82) is 0 Å². The summed E-state index contributed by atoms with van der Waals surface area (Å²) < 4.78 is 43.1. The molecule has 1 fully saturated rings. The number of amides is 1. The number of morpholine rings is 1. The number of ether oxygens (including phenoxy) is 3. The summed E-state index contributed by atoms with van der Waals surface area (Å²) in [5.41, 5.74) is 12.1. The summed E-state index contributed by atoms with van der Waals surface area (Å²) >= 11 is 0. The van der Waals surface area contributed by atoms with Gasteiger partial charge in [0.05, 0.1) is 40.1 Å². The number of rotatable bonds is 6. The second-order valence-corrected chi connectivity index (χ2v) is 9.95. The number of nitrogens with two attached hydrogens (primary N) is 2. The fourth-order valence-electron chi connectivity index (χ4n) is 3.55. The second kappa shape index (κ2) is 13.5. The minimum Gasteiger partial charge on any atom is -0.748 e. The van der Waals surface area contributed by atoms with Crippen LogP contribution in [0.4, 0.5) is 5.69 Å². The van der Waals surface area contributed by atoms with E-state index in [9.17, 15) is 14.4 Å². The number of carbonyl (C=O) groups is 3. The quantitative estimate of drug-likeness (QED) is 0.110. The maximum Gasteiger partial charge on any atom is 0.343 e. The molecule has 0 saturated carbocycles. The molecule has 1 heterocycles. The minimum atomic E-state index is -3.92. The number of hydrogen-bond donors (Lipinski definition) is 3. The third-order valence-electron chi connectivity index (χ3n) is 5.36. The molecule has 3 aromatic carbocycles. The van der Waals surface area contributed by atoms with Crippen LogP contribution in [-0.2, 0) is 24.4 Å². The molecule has 14 heteroatoms. The Balaban J connectivity index is 0.000000810. The van der Waals surface area contributed by atoms with Crippen LogP contribution >= 0.6 is 0 Å². The van der Waals surface area contributed by atoms with E-state index in [0.717, 1.165) is 10.8 Å². The Morgan fingerprint density at radius 1 is 0.925 bits per heavy atom. The Labute approximate surface area is 230 Å². The van der Waals surface area contributed by atoms with Gasteiger partial charge in [-0.25, -0.2) is 23.0 Å². The summed E-state index contributed by atoms with van der Waals surface area (Å²) in [5, 5.41) is 1.52.